The number of unbranched alkanes of at least 4 members (excludes halogenated alkanes) is 1. The van der Waals surface area contributed by atoms with Crippen molar-refractivity contribution in [2.75, 3.05) is 60.4 Å². The Morgan fingerprint density at radius 3 is 2.25 bits per heavy atom. The topological polar surface area (TPSA) is 38.4 Å². The van der Waals surface area contributed by atoms with E-state index in [0.717, 1.165) is 6.54 Å². The van der Waals surface area contributed by atoms with Crippen molar-refractivity contribution < 1.29 is 8.97 Å². The van der Waals surface area contributed by atoms with Gasteiger partial charge < -0.3 is 14.7 Å². The molecule has 0 unspecified atom stereocenters. The molecule has 1 rings (SSSR count). The minimum Gasteiger partial charge on any atom is -0.390 e. The number of nitrogens with two attached hydrogens (primary N) is 1. The first-order valence-corrected chi connectivity index (χ1v) is 6.33. The highest BCUT2D eigenvalue weighted by molar-refractivity contribution is 5.50. The molecular weight excluding hydrogens is 200 g/mol. The standard InChI is InChI=1S/C12H28N4/c1-15(2)8-10-16(3,11-9-15)7-5-4-6-14-12-13/h12H,4-11H2,1-3H3,(H2,13,14)/q+2. The van der Waals surface area contributed by atoms with Crippen molar-refractivity contribution in [1.82, 2.24) is 0 Å². The Morgan fingerprint density at radius 1 is 1.06 bits per heavy atom. The third-order valence-electron chi connectivity index (χ3n) is 3.83. The zero-order valence-electron chi connectivity index (χ0n) is 11.2. The van der Waals surface area contributed by atoms with E-state index in [4.69, 9.17) is 5.73 Å². The summed E-state index contributed by atoms with van der Waals surface area (Å²) in [6, 6.07) is 0. The molecule has 1 heterocycles. The molecule has 0 aliphatic carbocycles. The van der Waals surface area contributed by atoms with Crippen LogP contribution in [0.25, 0.3) is 0 Å². The van der Waals surface area contributed by atoms with Gasteiger partial charge in [-0.3, -0.25) is 4.99 Å². The van der Waals surface area contributed by atoms with E-state index in [1.165, 1.54) is 60.9 Å². The van der Waals surface area contributed by atoms with Gasteiger partial charge in [-0.25, -0.2) is 0 Å². The second-order valence-electron chi connectivity index (χ2n) is 5.94. The summed E-state index contributed by atoms with van der Waals surface area (Å²) in [6.07, 6.45) is 3.85. The van der Waals surface area contributed by atoms with Gasteiger partial charge in [-0.1, -0.05) is 0 Å². The van der Waals surface area contributed by atoms with Crippen LogP contribution in [0, 0.1) is 0 Å². The van der Waals surface area contributed by atoms with E-state index in [-0.39, 0.29) is 0 Å². The molecule has 0 aromatic rings. The minimum absolute atomic E-state index is 0.887. The van der Waals surface area contributed by atoms with Gasteiger partial charge in [0.25, 0.3) is 0 Å². The number of hydrogen-bond donors (Lipinski definition) is 1. The molecule has 1 aliphatic heterocycles. The van der Waals surface area contributed by atoms with Crippen molar-refractivity contribution in [3.63, 3.8) is 0 Å². The van der Waals surface area contributed by atoms with E-state index >= 15 is 0 Å². The molecule has 4 heteroatoms. The lowest BCUT2D eigenvalue weighted by Gasteiger charge is -2.44. The molecular formula is C12H28N4+2. The molecule has 16 heavy (non-hydrogen) atoms. The number of nitrogens with zero attached hydrogens (tertiary/aromatic N) is 3. The fourth-order valence-corrected chi connectivity index (χ4v) is 2.24. The van der Waals surface area contributed by atoms with Crippen molar-refractivity contribution in [1.29, 1.82) is 0 Å². The molecule has 0 bridgehead atoms. The van der Waals surface area contributed by atoms with Gasteiger partial charge >= 0.3 is 0 Å². The molecule has 0 saturated carbocycles. The zero-order chi connectivity index (χ0) is 12.1. The summed E-state index contributed by atoms with van der Waals surface area (Å²) in [5, 5.41) is 0. The lowest BCUT2D eigenvalue weighted by atomic mass is 10.2. The molecule has 0 atom stereocenters. The third kappa shape index (κ3) is 4.49. The van der Waals surface area contributed by atoms with E-state index in [0.29, 0.717) is 0 Å². The van der Waals surface area contributed by atoms with Gasteiger partial charge in [0, 0.05) is 6.54 Å². The molecule has 1 aliphatic rings. The van der Waals surface area contributed by atoms with E-state index in [2.05, 4.69) is 26.1 Å². The molecule has 94 valence electrons. The highest BCUT2D eigenvalue weighted by atomic mass is 15.4. The molecule has 1 fully saturated rings. The molecule has 1 saturated heterocycles. The van der Waals surface area contributed by atoms with Crippen molar-refractivity contribution >= 4 is 6.34 Å². The van der Waals surface area contributed by atoms with Crippen LogP contribution in [0.15, 0.2) is 4.99 Å². The number of quaternary nitrogens is 2. The first kappa shape index (κ1) is 13.5. The van der Waals surface area contributed by atoms with Crippen LogP contribution in [0.5, 0.6) is 0 Å². The van der Waals surface area contributed by atoms with Gasteiger partial charge in [-0.05, 0) is 12.8 Å². The number of hydrogen-bond acceptors (Lipinski definition) is 1. The van der Waals surface area contributed by atoms with Gasteiger partial charge in [0.05, 0.1) is 34.0 Å². The number of piperazine rings is 1. The summed E-state index contributed by atoms with van der Waals surface area (Å²) in [7, 11) is 7.06. The summed E-state index contributed by atoms with van der Waals surface area (Å²) in [6.45, 7) is 7.41. The Labute approximate surface area is 99.9 Å². The largest absolute Gasteiger partial charge is 0.390 e. The monoisotopic (exact) mass is 228 g/mol. The van der Waals surface area contributed by atoms with Gasteiger partial charge in [-0.15, -0.1) is 0 Å². The van der Waals surface area contributed by atoms with Gasteiger partial charge in [0.15, 0.2) is 0 Å². The van der Waals surface area contributed by atoms with Gasteiger partial charge in [-0.2, -0.15) is 0 Å². The third-order valence-corrected chi connectivity index (χ3v) is 3.83. The SMILES string of the molecule is C[N+]1(C)CC[N+](C)(CCCCN=CN)CC1. The van der Waals surface area contributed by atoms with E-state index in [1.807, 2.05) is 0 Å². The van der Waals surface area contributed by atoms with Crippen molar-refractivity contribution in [3.8, 4) is 0 Å². The van der Waals surface area contributed by atoms with E-state index < -0.39 is 0 Å². The van der Waals surface area contributed by atoms with Crippen molar-refractivity contribution in [3.05, 3.63) is 0 Å². The average molecular weight is 228 g/mol. The van der Waals surface area contributed by atoms with Crippen LogP contribution in [0.1, 0.15) is 12.8 Å². The number of likely N-dealkylation sites (N-methyl/N-ethyl adjacent to an activating group) is 2. The lowest BCUT2D eigenvalue weighted by Crippen LogP contribution is -2.62. The Kier molecular flexibility index (Phi) is 4.74. The minimum atomic E-state index is 0.887. The van der Waals surface area contributed by atoms with Crippen molar-refractivity contribution in [2.45, 2.75) is 12.8 Å². The summed E-state index contributed by atoms with van der Waals surface area (Å²) < 4.78 is 2.43. The second-order valence-corrected chi connectivity index (χ2v) is 5.94. The predicted octanol–water partition coefficient (Wildman–Crippen LogP) is 0.290. The summed E-state index contributed by atoms with van der Waals surface area (Å²) in [4.78, 5) is 4.04. The highest BCUT2D eigenvalue weighted by Crippen LogP contribution is 2.14. The highest BCUT2D eigenvalue weighted by Gasteiger charge is 2.33. The van der Waals surface area contributed by atoms with E-state index in [1.54, 1.807) is 0 Å². The van der Waals surface area contributed by atoms with Crippen LogP contribution in [-0.4, -0.2) is 75.7 Å². The summed E-state index contributed by atoms with van der Waals surface area (Å²) >= 11 is 0. The van der Waals surface area contributed by atoms with Crippen molar-refractivity contribution in [2.24, 2.45) is 10.7 Å². The maximum Gasteiger partial charge on any atom is 0.128 e. The van der Waals surface area contributed by atoms with E-state index in [9.17, 15) is 0 Å². The molecule has 4 nitrogen and oxygen atoms in total. The number of rotatable bonds is 5. The summed E-state index contributed by atoms with van der Waals surface area (Å²) in [5.41, 5.74) is 5.21. The quantitative estimate of drug-likeness (QED) is 0.312. The number of aliphatic imine (C=N–C) groups is 1. The predicted molar refractivity (Wildman–Crippen MR) is 69.4 cm³/mol. The normalized spacial score (nSPS) is 23.7. The van der Waals surface area contributed by atoms with Crippen LogP contribution < -0.4 is 5.73 Å². The van der Waals surface area contributed by atoms with Crippen LogP contribution in [0.4, 0.5) is 0 Å². The first-order valence-electron chi connectivity index (χ1n) is 6.33. The smallest absolute Gasteiger partial charge is 0.128 e. The van der Waals surface area contributed by atoms with Gasteiger partial charge in [0.2, 0.25) is 0 Å². The molecule has 0 amide bonds. The zero-order valence-corrected chi connectivity index (χ0v) is 11.2. The average Bonchev–Trinajstić information content (AvgIpc) is 2.23. The molecule has 0 aromatic heterocycles. The van der Waals surface area contributed by atoms with Crippen LogP contribution in [0.3, 0.4) is 0 Å². The maximum absolute atomic E-state index is 5.21. The summed E-state index contributed by atoms with van der Waals surface area (Å²) in [5.74, 6) is 0. The van der Waals surface area contributed by atoms with Crippen LogP contribution >= 0.6 is 0 Å². The Morgan fingerprint density at radius 2 is 1.69 bits per heavy atom. The first-order chi connectivity index (χ1) is 7.47. The fraction of sp³-hybridized carbons (Fsp3) is 0.917. The Bertz CT molecular complexity index is 225. The molecule has 0 spiro atoms. The van der Waals surface area contributed by atoms with Crippen LogP contribution in [-0.2, 0) is 0 Å². The van der Waals surface area contributed by atoms with Gasteiger partial charge in [0.1, 0.15) is 26.2 Å². The van der Waals surface area contributed by atoms with Crippen LogP contribution in [0.2, 0.25) is 0 Å². The fourth-order valence-electron chi connectivity index (χ4n) is 2.24. The molecule has 0 aromatic carbocycles. The molecule has 2 N–H and O–H groups in total. The Hall–Kier alpha value is -0.610. The lowest BCUT2D eigenvalue weighted by molar-refractivity contribution is -1.01. The Balaban J connectivity index is 2.21. The maximum atomic E-state index is 5.21. The second kappa shape index (κ2) is 5.64. The molecule has 0 radical (unpaired) electrons.